The fourth-order valence-electron chi connectivity index (χ4n) is 2.54. The number of nitrogens with zero attached hydrogens (tertiary/aromatic N) is 2. The molecule has 0 saturated carbocycles. The van der Waals surface area contributed by atoms with Crippen LogP contribution in [0.2, 0.25) is 0 Å². The first-order valence-electron chi connectivity index (χ1n) is 7.04. The summed E-state index contributed by atoms with van der Waals surface area (Å²) in [6.45, 7) is 0.758. The van der Waals surface area contributed by atoms with E-state index in [2.05, 4.69) is 0 Å². The Kier molecular flexibility index (Phi) is 3.98. The average Bonchev–Trinajstić information content (AvgIpc) is 3.02. The number of ether oxygens (including phenoxy) is 1. The molecule has 0 radical (unpaired) electrons. The third-order valence-electron chi connectivity index (χ3n) is 3.73. The molecule has 0 spiro atoms. The summed E-state index contributed by atoms with van der Waals surface area (Å²) in [6, 6.07) is 5.81. The Morgan fingerprint density at radius 1 is 1.00 bits per heavy atom. The van der Waals surface area contributed by atoms with Crippen LogP contribution in [0.3, 0.4) is 0 Å². The zero-order valence-electron chi connectivity index (χ0n) is 11.9. The minimum atomic E-state index is -3.59. The van der Waals surface area contributed by atoms with E-state index in [4.69, 9.17) is 4.74 Å². The number of rotatable bonds is 3. The molecule has 2 amide bonds. The monoisotopic (exact) mass is 324 g/mol. The summed E-state index contributed by atoms with van der Waals surface area (Å²) in [5.41, 5.74) is 0.409. The van der Waals surface area contributed by atoms with Gasteiger partial charge in [0.15, 0.2) is 0 Å². The summed E-state index contributed by atoms with van der Waals surface area (Å²) in [5, 5.41) is 0. The van der Waals surface area contributed by atoms with Crippen LogP contribution in [0, 0.1) is 0 Å². The van der Waals surface area contributed by atoms with Crippen molar-refractivity contribution in [1.82, 2.24) is 4.31 Å². The fraction of sp³-hybridized carbons (Fsp3) is 0.429. The lowest BCUT2D eigenvalue weighted by molar-refractivity contribution is -0.129. The predicted molar refractivity (Wildman–Crippen MR) is 77.5 cm³/mol. The smallest absolute Gasteiger partial charge is 0.245 e. The van der Waals surface area contributed by atoms with Crippen LogP contribution in [0.5, 0.6) is 0 Å². The highest BCUT2D eigenvalue weighted by atomic mass is 32.2. The second kappa shape index (κ2) is 5.79. The fourth-order valence-corrected chi connectivity index (χ4v) is 3.85. The highest BCUT2D eigenvalue weighted by molar-refractivity contribution is 7.89. The van der Waals surface area contributed by atoms with Crippen molar-refractivity contribution in [3.05, 3.63) is 24.3 Å². The standard InChI is InChI=1S/C14H16N2O5S/c17-13-2-1-3-14(18)16(13)11-4-6-12(7-5-11)22(19,20)15-8-9-21-10-15/h4-7H,1-3,8-10H2. The number of hydrogen-bond donors (Lipinski definition) is 0. The Balaban J connectivity index is 1.86. The van der Waals surface area contributed by atoms with E-state index < -0.39 is 10.0 Å². The van der Waals surface area contributed by atoms with Gasteiger partial charge in [0, 0.05) is 19.4 Å². The molecule has 7 nitrogen and oxygen atoms in total. The first-order valence-corrected chi connectivity index (χ1v) is 8.48. The molecule has 2 aliphatic rings. The van der Waals surface area contributed by atoms with E-state index >= 15 is 0 Å². The van der Waals surface area contributed by atoms with Crippen molar-refractivity contribution >= 4 is 27.5 Å². The number of imide groups is 1. The van der Waals surface area contributed by atoms with Gasteiger partial charge in [0.25, 0.3) is 0 Å². The quantitative estimate of drug-likeness (QED) is 0.765. The molecule has 0 unspecified atom stereocenters. The van der Waals surface area contributed by atoms with Crippen molar-refractivity contribution in [2.75, 3.05) is 24.8 Å². The van der Waals surface area contributed by atoms with E-state index in [0.717, 1.165) is 4.90 Å². The van der Waals surface area contributed by atoms with Gasteiger partial charge in [-0.05, 0) is 30.7 Å². The molecule has 22 heavy (non-hydrogen) atoms. The van der Waals surface area contributed by atoms with Gasteiger partial charge in [0.1, 0.15) is 6.73 Å². The van der Waals surface area contributed by atoms with Crippen LogP contribution in [0.1, 0.15) is 19.3 Å². The van der Waals surface area contributed by atoms with Gasteiger partial charge >= 0.3 is 0 Å². The van der Waals surface area contributed by atoms with Gasteiger partial charge in [-0.25, -0.2) is 8.42 Å². The number of amides is 2. The van der Waals surface area contributed by atoms with Crippen LogP contribution in [0.15, 0.2) is 29.2 Å². The number of carbonyl (C=O) groups is 2. The predicted octanol–water partition coefficient (Wildman–Crippen LogP) is 0.708. The first kappa shape index (κ1) is 15.1. The molecule has 2 heterocycles. The summed E-state index contributed by atoms with van der Waals surface area (Å²) in [7, 11) is -3.59. The van der Waals surface area contributed by atoms with Gasteiger partial charge < -0.3 is 4.74 Å². The third kappa shape index (κ3) is 2.65. The highest BCUT2D eigenvalue weighted by Crippen LogP contribution is 2.25. The summed E-state index contributed by atoms with van der Waals surface area (Å²) in [4.78, 5) is 25.0. The molecular weight excluding hydrogens is 308 g/mol. The molecule has 3 rings (SSSR count). The van der Waals surface area contributed by atoms with E-state index in [0.29, 0.717) is 38.1 Å². The maximum absolute atomic E-state index is 12.3. The van der Waals surface area contributed by atoms with E-state index in [1.807, 2.05) is 0 Å². The Bertz CT molecular complexity index is 676. The average molecular weight is 324 g/mol. The largest absolute Gasteiger partial charge is 0.364 e. The van der Waals surface area contributed by atoms with Crippen LogP contribution in [-0.4, -0.2) is 44.4 Å². The van der Waals surface area contributed by atoms with Gasteiger partial charge in [-0.3, -0.25) is 14.5 Å². The molecule has 118 valence electrons. The molecule has 8 heteroatoms. The Hall–Kier alpha value is -1.77. The molecule has 0 atom stereocenters. The van der Waals surface area contributed by atoms with E-state index in [-0.39, 0.29) is 23.4 Å². The second-order valence-electron chi connectivity index (χ2n) is 5.19. The molecule has 0 aliphatic carbocycles. The molecule has 2 aliphatic heterocycles. The third-order valence-corrected chi connectivity index (χ3v) is 5.57. The normalized spacial score (nSPS) is 20.6. The minimum Gasteiger partial charge on any atom is -0.364 e. The molecule has 2 fully saturated rings. The zero-order valence-corrected chi connectivity index (χ0v) is 12.7. The van der Waals surface area contributed by atoms with Gasteiger partial charge in [-0.1, -0.05) is 0 Å². The van der Waals surface area contributed by atoms with Crippen LogP contribution >= 0.6 is 0 Å². The molecule has 0 aromatic heterocycles. The minimum absolute atomic E-state index is 0.0488. The lowest BCUT2D eigenvalue weighted by atomic mass is 10.1. The number of hydrogen-bond acceptors (Lipinski definition) is 5. The van der Waals surface area contributed by atoms with Crippen LogP contribution < -0.4 is 4.90 Å². The van der Waals surface area contributed by atoms with E-state index in [1.165, 1.54) is 28.6 Å². The van der Waals surface area contributed by atoms with Crippen LogP contribution in [-0.2, 0) is 24.3 Å². The second-order valence-corrected chi connectivity index (χ2v) is 7.13. The Morgan fingerprint density at radius 2 is 1.64 bits per heavy atom. The van der Waals surface area contributed by atoms with E-state index in [1.54, 1.807) is 0 Å². The molecule has 1 aromatic carbocycles. The number of anilines is 1. The SMILES string of the molecule is O=C1CCCC(=O)N1c1ccc(S(=O)(=O)N2CCOC2)cc1. The number of piperidine rings is 1. The maximum atomic E-state index is 12.3. The number of carbonyl (C=O) groups excluding carboxylic acids is 2. The molecular formula is C14H16N2O5S. The molecule has 2 saturated heterocycles. The lowest BCUT2D eigenvalue weighted by Crippen LogP contribution is -2.40. The van der Waals surface area contributed by atoms with Gasteiger partial charge in [-0.2, -0.15) is 4.31 Å². The van der Waals surface area contributed by atoms with Crippen molar-refractivity contribution in [2.45, 2.75) is 24.2 Å². The highest BCUT2D eigenvalue weighted by Gasteiger charge is 2.30. The van der Waals surface area contributed by atoms with Crippen LogP contribution in [0.25, 0.3) is 0 Å². The lowest BCUT2D eigenvalue weighted by Gasteiger charge is -2.25. The first-order chi connectivity index (χ1) is 10.5. The van der Waals surface area contributed by atoms with Gasteiger partial charge in [-0.15, -0.1) is 0 Å². The summed E-state index contributed by atoms with van der Waals surface area (Å²) < 4.78 is 31.0. The zero-order chi connectivity index (χ0) is 15.7. The maximum Gasteiger partial charge on any atom is 0.245 e. The molecule has 1 aromatic rings. The van der Waals surface area contributed by atoms with Crippen molar-refractivity contribution < 1.29 is 22.7 Å². The Labute approximate surface area is 128 Å². The van der Waals surface area contributed by atoms with Crippen molar-refractivity contribution in [1.29, 1.82) is 0 Å². The number of benzene rings is 1. The Morgan fingerprint density at radius 3 is 2.18 bits per heavy atom. The summed E-state index contributed by atoms with van der Waals surface area (Å²) in [5.74, 6) is -0.500. The van der Waals surface area contributed by atoms with Crippen molar-refractivity contribution in [3.63, 3.8) is 0 Å². The molecule has 0 N–H and O–H groups in total. The van der Waals surface area contributed by atoms with Gasteiger partial charge in [0.05, 0.1) is 17.2 Å². The topological polar surface area (TPSA) is 84.0 Å². The van der Waals surface area contributed by atoms with Crippen LogP contribution in [0.4, 0.5) is 5.69 Å². The number of sulfonamides is 1. The van der Waals surface area contributed by atoms with Gasteiger partial charge in [0.2, 0.25) is 21.8 Å². The molecule has 0 bridgehead atoms. The van der Waals surface area contributed by atoms with Crippen molar-refractivity contribution in [2.24, 2.45) is 0 Å². The summed E-state index contributed by atoms with van der Waals surface area (Å²) >= 11 is 0. The van der Waals surface area contributed by atoms with E-state index in [9.17, 15) is 18.0 Å². The van der Waals surface area contributed by atoms with Crippen molar-refractivity contribution in [3.8, 4) is 0 Å². The summed E-state index contributed by atoms with van der Waals surface area (Å²) in [6.07, 6.45) is 1.23.